The molecule has 1 amide bonds. The van der Waals surface area contributed by atoms with Crippen molar-refractivity contribution in [3.05, 3.63) is 58.7 Å². The van der Waals surface area contributed by atoms with Crippen LogP contribution in [-0.4, -0.2) is 28.0 Å². The van der Waals surface area contributed by atoms with Gasteiger partial charge in [-0.1, -0.05) is 23.8 Å². The maximum atomic E-state index is 12.8. The molecular weight excluding hydrogens is 364 g/mol. The number of carbonyl (C=O) groups is 1. The number of aryl methyl sites for hydroxylation is 2. The normalized spacial score (nSPS) is 12.5. The number of amides is 1. The molecule has 6 nitrogen and oxygen atoms in total. The van der Waals surface area contributed by atoms with Crippen molar-refractivity contribution in [2.45, 2.75) is 38.6 Å². The summed E-state index contributed by atoms with van der Waals surface area (Å²) in [6.45, 7) is 7.96. The molecule has 1 atom stereocenters. The lowest BCUT2D eigenvalue weighted by atomic mass is 10.0. The second kappa shape index (κ2) is 8.54. The topological polar surface area (TPSA) is 84.5 Å². The van der Waals surface area contributed by atoms with Crippen molar-refractivity contribution in [3.8, 4) is 5.75 Å². The molecule has 0 aliphatic carbocycles. The highest BCUT2D eigenvalue weighted by Gasteiger charge is 2.22. The van der Waals surface area contributed by atoms with E-state index in [1.54, 1.807) is 13.8 Å². The van der Waals surface area contributed by atoms with Gasteiger partial charge in [-0.3, -0.25) is 4.79 Å². The van der Waals surface area contributed by atoms with Crippen molar-refractivity contribution in [2.24, 2.45) is 0 Å². The molecule has 2 aromatic carbocycles. The second-order valence-electron chi connectivity index (χ2n) is 6.42. The fraction of sp³-hybridized carbons (Fsp3) is 0.350. The van der Waals surface area contributed by atoms with Gasteiger partial charge in [0.25, 0.3) is 5.91 Å². The first-order valence-corrected chi connectivity index (χ1v) is 10.2. The average molecular weight is 391 g/mol. The van der Waals surface area contributed by atoms with Gasteiger partial charge in [0.2, 0.25) is 10.0 Å². The monoisotopic (exact) mass is 390 g/mol. The Morgan fingerprint density at radius 3 is 2.44 bits per heavy atom. The van der Waals surface area contributed by atoms with E-state index in [0.717, 1.165) is 16.7 Å². The summed E-state index contributed by atoms with van der Waals surface area (Å²) in [7, 11) is -2.38. The van der Waals surface area contributed by atoms with E-state index < -0.39 is 16.1 Å². The lowest BCUT2D eigenvalue weighted by molar-refractivity contribution is 0.0952. The molecule has 0 saturated carbocycles. The quantitative estimate of drug-likeness (QED) is 0.761. The standard InChI is InChI=1S/C20H26N2O4S/c1-6-21-20(23)18-12-16(8-10-19(18)26-5)27(24,25)22-15(4)17-9-7-13(2)11-14(17)3/h7-12,15,22H,6H2,1-5H3,(H,21,23)/t15-/m0/s1. The third-order valence-electron chi connectivity index (χ3n) is 4.29. The number of sulfonamides is 1. The van der Waals surface area contributed by atoms with Crippen LogP contribution in [0.1, 0.15) is 46.9 Å². The maximum absolute atomic E-state index is 12.8. The van der Waals surface area contributed by atoms with Gasteiger partial charge < -0.3 is 10.1 Å². The Bertz CT molecular complexity index is 939. The van der Waals surface area contributed by atoms with Gasteiger partial charge in [-0.05, 0) is 57.0 Å². The zero-order chi connectivity index (χ0) is 20.2. The van der Waals surface area contributed by atoms with E-state index in [1.807, 2.05) is 32.0 Å². The Morgan fingerprint density at radius 2 is 1.85 bits per heavy atom. The van der Waals surface area contributed by atoms with E-state index in [0.29, 0.717) is 12.3 Å². The summed E-state index contributed by atoms with van der Waals surface area (Å²) in [5.74, 6) is -0.0591. The van der Waals surface area contributed by atoms with Gasteiger partial charge in [0.1, 0.15) is 5.75 Å². The summed E-state index contributed by atoms with van der Waals surface area (Å²) in [6.07, 6.45) is 0. The Kier molecular flexibility index (Phi) is 6.62. The van der Waals surface area contributed by atoms with Crippen LogP contribution in [-0.2, 0) is 10.0 Å². The number of rotatable bonds is 7. The maximum Gasteiger partial charge on any atom is 0.255 e. The zero-order valence-electron chi connectivity index (χ0n) is 16.3. The van der Waals surface area contributed by atoms with Crippen LogP contribution in [0.25, 0.3) is 0 Å². The third kappa shape index (κ3) is 4.87. The first-order valence-electron chi connectivity index (χ1n) is 8.75. The van der Waals surface area contributed by atoms with Gasteiger partial charge in [-0.25, -0.2) is 13.1 Å². The lowest BCUT2D eigenvalue weighted by Crippen LogP contribution is -2.28. The lowest BCUT2D eigenvalue weighted by Gasteiger charge is -2.18. The van der Waals surface area contributed by atoms with E-state index in [9.17, 15) is 13.2 Å². The van der Waals surface area contributed by atoms with E-state index in [2.05, 4.69) is 10.0 Å². The number of nitrogens with one attached hydrogen (secondary N) is 2. The molecule has 0 bridgehead atoms. The fourth-order valence-corrected chi connectivity index (χ4v) is 4.21. The van der Waals surface area contributed by atoms with Crippen molar-refractivity contribution < 1.29 is 17.9 Å². The van der Waals surface area contributed by atoms with Gasteiger partial charge in [0.05, 0.1) is 17.6 Å². The minimum Gasteiger partial charge on any atom is -0.496 e. The molecule has 0 unspecified atom stereocenters. The second-order valence-corrected chi connectivity index (χ2v) is 8.14. The van der Waals surface area contributed by atoms with Crippen LogP contribution in [0.4, 0.5) is 0 Å². The van der Waals surface area contributed by atoms with Gasteiger partial charge in [-0.2, -0.15) is 0 Å². The Balaban J connectivity index is 2.35. The molecule has 2 N–H and O–H groups in total. The number of benzene rings is 2. The van der Waals surface area contributed by atoms with Gasteiger partial charge in [-0.15, -0.1) is 0 Å². The van der Waals surface area contributed by atoms with Crippen LogP contribution in [0, 0.1) is 13.8 Å². The highest BCUT2D eigenvalue weighted by Crippen LogP contribution is 2.25. The molecule has 146 valence electrons. The van der Waals surface area contributed by atoms with Crippen molar-refractivity contribution in [1.29, 1.82) is 0 Å². The highest BCUT2D eigenvalue weighted by molar-refractivity contribution is 7.89. The van der Waals surface area contributed by atoms with Crippen LogP contribution in [0.15, 0.2) is 41.3 Å². The molecule has 27 heavy (non-hydrogen) atoms. The molecule has 2 rings (SSSR count). The minimum atomic E-state index is -3.82. The van der Waals surface area contributed by atoms with Crippen LogP contribution < -0.4 is 14.8 Å². The van der Waals surface area contributed by atoms with Crippen LogP contribution in [0.3, 0.4) is 0 Å². The highest BCUT2D eigenvalue weighted by atomic mass is 32.2. The van der Waals surface area contributed by atoms with Crippen LogP contribution >= 0.6 is 0 Å². The smallest absolute Gasteiger partial charge is 0.255 e. The zero-order valence-corrected chi connectivity index (χ0v) is 17.1. The van der Waals surface area contributed by atoms with E-state index in [-0.39, 0.29) is 16.4 Å². The summed E-state index contributed by atoms with van der Waals surface area (Å²) in [4.78, 5) is 12.2. The van der Waals surface area contributed by atoms with E-state index in [1.165, 1.54) is 25.3 Å². The predicted octanol–water partition coefficient (Wildman–Crippen LogP) is 3.10. The fourth-order valence-electron chi connectivity index (χ4n) is 2.96. The number of hydrogen-bond acceptors (Lipinski definition) is 4. The minimum absolute atomic E-state index is 0.0150. The molecule has 0 aliphatic rings. The van der Waals surface area contributed by atoms with Crippen molar-refractivity contribution in [1.82, 2.24) is 10.0 Å². The molecule has 0 spiro atoms. The molecule has 0 aliphatic heterocycles. The SMILES string of the molecule is CCNC(=O)c1cc(S(=O)(=O)N[C@@H](C)c2ccc(C)cc2C)ccc1OC. The van der Waals surface area contributed by atoms with Crippen molar-refractivity contribution in [2.75, 3.05) is 13.7 Å². The summed E-state index contributed by atoms with van der Waals surface area (Å²) in [5.41, 5.74) is 3.22. The summed E-state index contributed by atoms with van der Waals surface area (Å²) in [6, 6.07) is 9.73. The largest absolute Gasteiger partial charge is 0.496 e. The van der Waals surface area contributed by atoms with Crippen molar-refractivity contribution in [3.63, 3.8) is 0 Å². The molecule has 0 radical (unpaired) electrons. The summed E-state index contributed by atoms with van der Waals surface area (Å²) in [5, 5.41) is 2.66. The number of carbonyl (C=O) groups excluding carboxylic acids is 1. The molecule has 0 saturated heterocycles. The Hall–Kier alpha value is -2.38. The third-order valence-corrected chi connectivity index (χ3v) is 5.83. The van der Waals surface area contributed by atoms with E-state index >= 15 is 0 Å². The van der Waals surface area contributed by atoms with Gasteiger partial charge in [0, 0.05) is 12.6 Å². The first kappa shape index (κ1) is 20.9. The number of methoxy groups -OCH3 is 1. The first-order chi connectivity index (χ1) is 12.7. The predicted molar refractivity (Wildman–Crippen MR) is 106 cm³/mol. The average Bonchev–Trinajstić information content (AvgIpc) is 2.60. The Labute approximate surface area is 161 Å². The number of ether oxygens (including phenoxy) is 1. The molecule has 7 heteroatoms. The molecular formula is C20H26N2O4S. The van der Waals surface area contributed by atoms with Gasteiger partial charge in [0.15, 0.2) is 0 Å². The molecule has 0 aromatic heterocycles. The van der Waals surface area contributed by atoms with Crippen LogP contribution in [0.5, 0.6) is 5.75 Å². The molecule has 0 heterocycles. The van der Waals surface area contributed by atoms with Crippen molar-refractivity contribution >= 4 is 15.9 Å². The summed E-state index contributed by atoms with van der Waals surface area (Å²) >= 11 is 0. The molecule has 2 aromatic rings. The van der Waals surface area contributed by atoms with Crippen LogP contribution in [0.2, 0.25) is 0 Å². The van der Waals surface area contributed by atoms with E-state index in [4.69, 9.17) is 4.74 Å². The Morgan fingerprint density at radius 1 is 1.15 bits per heavy atom. The number of hydrogen-bond donors (Lipinski definition) is 2. The molecule has 0 fully saturated rings. The summed E-state index contributed by atoms with van der Waals surface area (Å²) < 4.78 is 33.6. The van der Waals surface area contributed by atoms with Gasteiger partial charge >= 0.3 is 0 Å².